The maximum atomic E-state index is 8.54. The van der Waals surface area contributed by atoms with Gasteiger partial charge in [-0.25, -0.2) is 4.98 Å². The van der Waals surface area contributed by atoms with E-state index in [-0.39, 0.29) is 0 Å². The molecule has 3 nitrogen and oxygen atoms in total. The van der Waals surface area contributed by atoms with Crippen molar-refractivity contribution in [3.05, 3.63) is 41.7 Å². The second kappa shape index (κ2) is 3.97. The van der Waals surface area contributed by atoms with Crippen LogP contribution in [0.1, 0.15) is 11.3 Å². The first-order chi connectivity index (χ1) is 7.29. The molecule has 1 aromatic carbocycles. The van der Waals surface area contributed by atoms with Gasteiger partial charge >= 0.3 is 0 Å². The van der Waals surface area contributed by atoms with E-state index in [0.717, 1.165) is 17.1 Å². The van der Waals surface area contributed by atoms with Gasteiger partial charge in [0.1, 0.15) is 5.82 Å². The van der Waals surface area contributed by atoms with Crippen LogP contribution in [-0.4, -0.2) is 9.97 Å². The Labute approximate surface area is 88.4 Å². The van der Waals surface area contributed by atoms with Crippen LogP contribution in [-0.2, 0) is 6.42 Å². The van der Waals surface area contributed by atoms with Gasteiger partial charge in [0.05, 0.1) is 12.5 Å². The summed E-state index contributed by atoms with van der Waals surface area (Å²) in [6, 6.07) is 10.2. The lowest BCUT2D eigenvalue weighted by Gasteiger charge is -1.97. The van der Waals surface area contributed by atoms with Crippen LogP contribution in [0.15, 0.2) is 30.5 Å². The Morgan fingerprint density at radius 1 is 1.33 bits per heavy atom. The van der Waals surface area contributed by atoms with Gasteiger partial charge in [0.15, 0.2) is 0 Å². The fraction of sp³-hybridized carbons (Fsp3) is 0.167. The topological polar surface area (TPSA) is 52.5 Å². The third-order valence-electron chi connectivity index (χ3n) is 2.22. The van der Waals surface area contributed by atoms with E-state index >= 15 is 0 Å². The molecule has 2 rings (SSSR count). The summed E-state index contributed by atoms with van der Waals surface area (Å²) in [6.07, 6.45) is 2.08. The van der Waals surface area contributed by atoms with Gasteiger partial charge in [-0.3, -0.25) is 0 Å². The maximum Gasteiger partial charge on any atom is 0.137 e. The van der Waals surface area contributed by atoms with E-state index in [0.29, 0.717) is 6.42 Å². The van der Waals surface area contributed by atoms with E-state index in [4.69, 9.17) is 5.26 Å². The quantitative estimate of drug-likeness (QED) is 0.803. The number of aromatic nitrogens is 2. The Morgan fingerprint density at radius 2 is 2.07 bits per heavy atom. The standard InChI is InChI=1S/C12H11N3/c1-9-2-4-10(5-3-9)12-14-8-11(15-12)6-7-13/h2-5,8H,6H2,1H3,(H,14,15). The lowest BCUT2D eigenvalue weighted by molar-refractivity contribution is 1.16. The Morgan fingerprint density at radius 3 is 2.73 bits per heavy atom. The van der Waals surface area contributed by atoms with Crippen LogP contribution in [0.2, 0.25) is 0 Å². The fourth-order valence-corrected chi connectivity index (χ4v) is 1.39. The van der Waals surface area contributed by atoms with E-state index in [2.05, 4.69) is 16.0 Å². The lowest BCUT2D eigenvalue weighted by Crippen LogP contribution is -1.83. The molecule has 1 heterocycles. The van der Waals surface area contributed by atoms with E-state index in [1.807, 2.05) is 31.2 Å². The normalized spacial score (nSPS) is 9.87. The molecule has 0 fully saturated rings. The highest BCUT2D eigenvalue weighted by atomic mass is 14.9. The summed E-state index contributed by atoms with van der Waals surface area (Å²) in [5.41, 5.74) is 3.13. The highest BCUT2D eigenvalue weighted by Crippen LogP contribution is 2.16. The molecule has 0 aliphatic carbocycles. The van der Waals surface area contributed by atoms with Crippen molar-refractivity contribution in [1.82, 2.24) is 9.97 Å². The minimum absolute atomic E-state index is 0.374. The summed E-state index contributed by atoms with van der Waals surface area (Å²) in [5.74, 6) is 0.820. The van der Waals surface area contributed by atoms with Crippen LogP contribution in [0, 0.1) is 18.3 Å². The predicted octanol–water partition coefficient (Wildman–Crippen LogP) is 2.45. The zero-order chi connectivity index (χ0) is 10.7. The minimum atomic E-state index is 0.374. The number of hydrogen-bond acceptors (Lipinski definition) is 2. The molecule has 0 amide bonds. The zero-order valence-corrected chi connectivity index (χ0v) is 8.49. The minimum Gasteiger partial charge on any atom is -0.341 e. The molecule has 0 aliphatic rings. The predicted molar refractivity (Wildman–Crippen MR) is 58.1 cm³/mol. The number of imidazole rings is 1. The summed E-state index contributed by atoms with van der Waals surface area (Å²) in [4.78, 5) is 7.34. The average Bonchev–Trinajstić information content (AvgIpc) is 2.68. The molecule has 0 spiro atoms. The molecule has 3 heteroatoms. The second-order valence-electron chi connectivity index (χ2n) is 3.46. The Balaban J connectivity index is 2.30. The lowest BCUT2D eigenvalue weighted by atomic mass is 10.1. The SMILES string of the molecule is Cc1ccc(-c2ncc(CC#N)[nH]2)cc1. The van der Waals surface area contributed by atoms with E-state index < -0.39 is 0 Å². The molecule has 74 valence electrons. The fourth-order valence-electron chi connectivity index (χ4n) is 1.39. The van der Waals surface area contributed by atoms with Gasteiger partial charge in [0.25, 0.3) is 0 Å². The molecule has 0 bridgehead atoms. The molecule has 0 radical (unpaired) electrons. The molecule has 15 heavy (non-hydrogen) atoms. The largest absolute Gasteiger partial charge is 0.341 e. The summed E-state index contributed by atoms with van der Waals surface area (Å²) in [5, 5.41) is 8.54. The molecule has 0 atom stereocenters. The molecule has 0 aliphatic heterocycles. The number of nitriles is 1. The van der Waals surface area contributed by atoms with Gasteiger partial charge in [0, 0.05) is 17.5 Å². The highest BCUT2D eigenvalue weighted by Gasteiger charge is 2.02. The first-order valence-electron chi connectivity index (χ1n) is 4.77. The van der Waals surface area contributed by atoms with Crippen molar-refractivity contribution in [3.63, 3.8) is 0 Å². The molecule has 0 unspecified atom stereocenters. The third kappa shape index (κ3) is 2.05. The number of nitrogens with zero attached hydrogens (tertiary/aromatic N) is 2. The van der Waals surface area contributed by atoms with Crippen molar-refractivity contribution in [2.75, 3.05) is 0 Å². The Bertz CT molecular complexity index is 488. The van der Waals surface area contributed by atoms with Crippen LogP contribution >= 0.6 is 0 Å². The Kier molecular flexibility index (Phi) is 2.51. The molecular formula is C12H11N3. The molecule has 1 aromatic heterocycles. The molecule has 0 saturated heterocycles. The van der Waals surface area contributed by atoms with Crippen molar-refractivity contribution < 1.29 is 0 Å². The van der Waals surface area contributed by atoms with Gasteiger partial charge < -0.3 is 4.98 Å². The average molecular weight is 197 g/mol. The summed E-state index contributed by atoms with van der Waals surface area (Å²) < 4.78 is 0. The van der Waals surface area contributed by atoms with Gasteiger partial charge in [-0.05, 0) is 6.92 Å². The highest BCUT2D eigenvalue weighted by molar-refractivity contribution is 5.55. The zero-order valence-electron chi connectivity index (χ0n) is 8.49. The van der Waals surface area contributed by atoms with Crippen molar-refractivity contribution in [2.45, 2.75) is 13.3 Å². The van der Waals surface area contributed by atoms with E-state index in [1.165, 1.54) is 5.56 Å². The van der Waals surface area contributed by atoms with Crippen LogP contribution in [0.5, 0.6) is 0 Å². The van der Waals surface area contributed by atoms with Gasteiger partial charge in [-0.15, -0.1) is 0 Å². The summed E-state index contributed by atoms with van der Waals surface area (Å²) in [6.45, 7) is 2.05. The number of aryl methyl sites for hydroxylation is 1. The van der Waals surface area contributed by atoms with Crippen molar-refractivity contribution in [3.8, 4) is 17.5 Å². The van der Waals surface area contributed by atoms with Crippen molar-refractivity contribution in [2.24, 2.45) is 0 Å². The van der Waals surface area contributed by atoms with Crippen molar-refractivity contribution in [1.29, 1.82) is 5.26 Å². The number of hydrogen-bond donors (Lipinski definition) is 1. The number of H-pyrrole nitrogens is 1. The number of aromatic amines is 1. The van der Waals surface area contributed by atoms with Crippen LogP contribution in [0.3, 0.4) is 0 Å². The smallest absolute Gasteiger partial charge is 0.137 e. The monoisotopic (exact) mass is 197 g/mol. The number of nitrogens with one attached hydrogen (secondary N) is 1. The summed E-state index contributed by atoms with van der Waals surface area (Å²) >= 11 is 0. The third-order valence-corrected chi connectivity index (χ3v) is 2.22. The van der Waals surface area contributed by atoms with Gasteiger partial charge in [-0.1, -0.05) is 29.8 Å². The number of rotatable bonds is 2. The molecular weight excluding hydrogens is 186 g/mol. The molecule has 1 N–H and O–H groups in total. The summed E-state index contributed by atoms with van der Waals surface area (Å²) in [7, 11) is 0. The maximum absolute atomic E-state index is 8.54. The van der Waals surface area contributed by atoms with Crippen LogP contribution in [0.4, 0.5) is 0 Å². The molecule has 2 aromatic rings. The van der Waals surface area contributed by atoms with E-state index in [1.54, 1.807) is 6.20 Å². The first-order valence-corrected chi connectivity index (χ1v) is 4.77. The second-order valence-corrected chi connectivity index (χ2v) is 3.46. The Hall–Kier alpha value is -2.08. The van der Waals surface area contributed by atoms with E-state index in [9.17, 15) is 0 Å². The van der Waals surface area contributed by atoms with Crippen LogP contribution < -0.4 is 0 Å². The van der Waals surface area contributed by atoms with Crippen molar-refractivity contribution >= 4 is 0 Å². The first kappa shape index (κ1) is 9.47. The number of benzene rings is 1. The molecule has 0 saturated carbocycles. The van der Waals surface area contributed by atoms with Gasteiger partial charge in [-0.2, -0.15) is 5.26 Å². The van der Waals surface area contributed by atoms with Gasteiger partial charge in [0.2, 0.25) is 0 Å². The van der Waals surface area contributed by atoms with Crippen LogP contribution in [0.25, 0.3) is 11.4 Å².